The largest absolute Gasteiger partial charge is 0.497 e. The van der Waals surface area contributed by atoms with Crippen LogP contribution in [0.25, 0.3) is 0 Å². The number of fused-ring (bicyclic) bond motifs is 1. The van der Waals surface area contributed by atoms with E-state index in [9.17, 15) is 4.79 Å². The van der Waals surface area contributed by atoms with Gasteiger partial charge < -0.3 is 9.64 Å². The lowest BCUT2D eigenvalue weighted by Gasteiger charge is -2.19. The Balaban J connectivity index is 1.75. The first-order valence-corrected chi connectivity index (χ1v) is 9.33. The molecule has 3 aromatic rings. The van der Waals surface area contributed by atoms with E-state index in [-0.39, 0.29) is 5.91 Å². The van der Waals surface area contributed by atoms with Gasteiger partial charge in [-0.05, 0) is 54.1 Å². The second-order valence-electron chi connectivity index (χ2n) is 6.19. The Morgan fingerprint density at radius 2 is 1.70 bits per heavy atom. The summed E-state index contributed by atoms with van der Waals surface area (Å²) in [5, 5.41) is 0. The van der Waals surface area contributed by atoms with Crippen molar-refractivity contribution in [2.75, 3.05) is 12.0 Å². The van der Waals surface area contributed by atoms with Crippen molar-refractivity contribution in [3.63, 3.8) is 0 Å². The number of aliphatic imine (C=N–C) groups is 1. The van der Waals surface area contributed by atoms with Gasteiger partial charge in [-0.25, -0.2) is 0 Å². The molecule has 0 N–H and O–H groups in total. The summed E-state index contributed by atoms with van der Waals surface area (Å²) >= 11 is 3.39. The summed E-state index contributed by atoms with van der Waals surface area (Å²) in [5.41, 5.74) is 3.66. The Hall–Kier alpha value is -2.92. The van der Waals surface area contributed by atoms with Gasteiger partial charge in [-0.2, -0.15) is 4.99 Å². The van der Waals surface area contributed by atoms with Gasteiger partial charge in [-0.3, -0.25) is 4.79 Å². The van der Waals surface area contributed by atoms with Gasteiger partial charge in [0.25, 0.3) is 5.91 Å². The second-order valence-corrected chi connectivity index (χ2v) is 7.10. The number of benzene rings is 3. The number of ether oxygens (including phenoxy) is 1. The summed E-state index contributed by atoms with van der Waals surface area (Å²) in [6, 6.07) is 23.1. The third kappa shape index (κ3) is 3.51. The fourth-order valence-corrected chi connectivity index (χ4v) is 3.38. The zero-order valence-corrected chi connectivity index (χ0v) is 16.3. The molecular weight excluding hydrogens is 404 g/mol. The highest BCUT2D eigenvalue weighted by Gasteiger charge is 2.27. The lowest BCUT2D eigenvalue weighted by atomic mass is 10.1. The van der Waals surface area contributed by atoms with Crippen LogP contribution in [0.4, 0.5) is 5.69 Å². The van der Waals surface area contributed by atoms with E-state index in [4.69, 9.17) is 4.74 Å². The van der Waals surface area contributed by atoms with Gasteiger partial charge in [0.05, 0.1) is 13.7 Å². The van der Waals surface area contributed by atoms with Crippen LogP contribution in [0.15, 0.2) is 82.3 Å². The SMILES string of the molecule is COc1ccc(N2Cc3ccccc3C2=NC(=O)c2ccc(Br)cc2)cc1. The number of amides is 1. The molecule has 0 spiro atoms. The minimum atomic E-state index is -0.257. The zero-order valence-electron chi connectivity index (χ0n) is 14.7. The van der Waals surface area contributed by atoms with Crippen molar-refractivity contribution in [2.45, 2.75) is 6.54 Å². The van der Waals surface area contributed by atoms with E-state index in [0.29, 0.717) is 17.9 Å². The maximum absolute atomic E-state index is 12.7. The summed E-state index contributed by atoms with van der Waals surface area (Å²) < 4.78 is 6.17. The molecule has 134 valence electrons. The first kappa shape index (κ1) is 17.5. The molecule has 1 aliphatic rings. The Morgan fingerprint density at radius 3 is 2.41 bits per heavy atom. The molecule has 1 aliphatic heterocycles. The Morgan fingerprint density at radius 1 is 1.00 bits per heavy atom. The van der Waals surface area contributed by atoms with E-state index in [1.807, 2.05) is 54.6 Å². The number of halogens is 1. The molecule has 3 aromatic carbocycles. The monoisotopic (exact) mass is 420 g/mol. The molecule has 1 heterocycles. The molecule has 0 radical (unpaired) electrons. The number of carbonyl (C=O) groups is 1. The number of rotatable bonds is 3. The van der Waals surface area contributed by atoms with Crippen LogP contribution >= 0.6 is 15.9 Å². The van der Waals surface area contributed by atoms with E-state index >= 15 is 0 Å². The summed E-state index contributed by atoms with van der Waals surface area (Å²) in [4.78, 5) is 19.3. The van der Waals surface area contributed by atoms with Gasteiger partial charge >= 0.3 is 0 Å². The van der Waals surface area contributed by atoms with E-state index in [2.05, 4.69) is 31.9 Å². The van der Waals surface area contributed by atoms with Gasteiger partial charge in [0, 0.05) is 21.3 Å². The quantitative estimate of drug-likeness (QED) is 0.594. The summed E-state index contributed by atoms with van der Waals surface area (Å²) in [6.07, 6.45) is 0. The molecule has 5 heteroatoms. The summed E-state index contributed by atoms with van der Waals surface area (Å²) in [6.45, 7) is 0.676. The number of methoxy groups -OCH3 is 1. The molecule has 0 bridgehead atoms. The lowest BCUT2D eigenvalue weighted by Crippen LogP contribution is -2.25. The van der Waals surface area contributed by atoms with Crippen LogP contribution in [-0.4, -0.2) is 18.9 Å². The van der Waals surface area contributed by atoms with Crippen molar-refractivity contribution >= 4 is 33.4 Å². The van der Waals surface area contributed by atoms with Crippen molar-refractivity contribution in [2.24, 2.45) is 4.99 Å². The normalized spacial score (nSPS) is 14.3. The van der Waals surface area contributed by atoms with E-state index in [0.717, 1.165) is 27.0 Å². The molecule has 1 amide bonds. The standard InChI is InChI=1S/C22H17BrN2O2/c1-27-19-12-10-18(11-13-19)25-14-16-4-2-3-5-20(16)21(25)24-22(26)15-6-8-17(23)9-7-15/h2-13H,14H2,1H3. The minimum absolute atomic E-state index is 0.257. The second kappa shape index (κ2) is 7.37. The van der Waals surface area contributed by atoms with Gasteiger partial charge in [-0.15, -0.1) is 0 Å². The van der Waals surface area contributed by atoms with Gasteiger partial charge in [0.1, 0.15) is 11.6 Å². The number of hydrogen-bond donors (Lipinski definition) is 0. The van der Waals surface area contributed by atoms with Crippen LogP contribution in [0.2, 0.25) is 0 Å². The van der Waals surface area contributed by atoms with Crippen molar-refractivity contribution in [1.82, 2.24) is 0 Å². The summed E-state index contributed by atoms with van der Waals surface area (Å²) in [7, 11) is 1.64. The topological polar surface area (TPSA) is 41.9 Å². The molecular formula is C22H17BrN2O2. The van der Waals surface area contributed by atoms with Crippen LogP contribution < -0.4 is 9.64 Å². The number of anilines is 1. The Kier molecular flexibility index (Phi) is 4.77. The minimum Gasteiger partial charge on any atom is -0.497 e. The molecule has 0 unspecified atom stereocenters. The van der Waals surface area contributed by atoms with Crippen LogP contribution in [0.5, 0.6) is 5.75 Å². The first-order chi connectivity index (χ1) is 13.2. The Bertz CT molecular complexity index is 1010. The highest BCUT2D eigenvalue weighted by Crippen LogP contribution is 2.30. The van der Waals surface area contributed by atoms with E-state index < -0.39 is 0 Å². The first-order valence-electron chi connectivity index (χ1n) is 8.54. The molecule has 0 atom stereocenters. The van der Waals surface area contributed by atoms with Crippen LogP contribution in [0, 0.1) is 0 Å². The van der Waals surface area contributed by atoms with Crippen molar-refractivity contribution in [1.29, 1.82) is 0 Å². The number of carbonyl (C=O) groups excluding carboxylic acids is 1. The molecule has 4 rings (SSSR count). The maximum atomic E-state index is 12.7. The van der Waals surface area contributed by atoms with Gasteiger partial charge in [0.15, 0.2) is 0 Å². The molecule has 4 nitrogen and oxygen atoms in total. The molecule has 0 aromatic heterocycles. The molecule has 0 saturated carbocycles. The smallest absolute Gasteiger partial charge is 0.278 e. The highest BCUT2D eigenvalue weighted by atomic mass is 79.9. The van der Waals surface area contributed by atoms with Gasteiger partial charge in [0.2, 0.25) is 0 Å². The zero-order chi connectivity index (χ0) is 18.8. The fraction of sp³-hybridized carbons (Fsp3) is 0.0909. The highest BCUT2D eigenvalue weighted by molar-refractivity contribution is 9.10. The van der Waals surface area contributed by atoms with Crippen molar-refractivity contribution < 1.29 is 9.53 Å². The molecule has 0 fully saturated rings. The maximum Gasteiger partial charge on any atom is 0.278 e. The molecule has 27 heavy (non-hydrogen) atoms. The van der Waals surface area contributed by atoms with E-state index in [1.165, 1.54) is 0 Å². The number of amidine groups is 1. The average Bonchev–Trinajstić information content (AvgIpc) is 3.07. The predicted molar refractivity (Wildman–Crippen MR) is 111 cm³/mol. The Labute approximate surface area is 166 Å². The summed E-state index contributed by atoms with van der Waals surface area (Å²) in [5.74, 6) is 1.20. The lowest BCUT2D eigenvalue weighted by molar-refractivity contribution is 0.100. The molecule has 0 aliphatic carbocycles. The number of hydrogen-bond acceptors (Lipinski definition) is 2. The van der Waals surface area contributed by atoms with Crippen molar-refractivity contribution in [3.8, 4) is 5.75 Å². The molecule has 0 saturated heterocycles. The fourth-order valence-electron chi connectivity index (χ4n) is 3.12. The average molecular weight is 421 g/mol. The third-order valence-corrected chi connectivity index (χ3v) is 5.05. The van der Waals surface area contributed by atoms with Crippen LogP contribution in [0.1, 0.15) is 21.5 Å². The number of nitrogens with zero attached hydrogens (tertiary/aromatic N) is 2. The van der Waals surface area contributed by atoms with E-state index in [1.54, 1.807) is 19.2 Å². The van der Waals surface area contributed by atoms with Crippen molar-refractivity contribution in [3.05, 3.63) is 94.0 Å². The predicted octanol–water partition coefficient (Wildman–Crippen LogP) is 5.06. The van der Waals surface area contributed by atoms with Gasteiger partial charge in [-0.1, -0.05) is 40.2 Å². The van der Waals surface area contributed by atoms with Crippen LogP contribution in [-0.2, 0) is 6.54 Å². The third-order valence-electron chi connectivity index (χ3n) is 4.53. The van der Waals surface area contributed by atoms with Crippen LogP contribution in [0.3, 0.4) is 0 Å².